The number of nitrogens with one attached hydrogen (secondary N) is 1. The van der Waals surface area contributed by atoms with Gasteiger partial charge in [0.15, 0.2) is 5.82 Å². The van der Waals surface area contributed by atoms with E-state index in [1.54, 1.807) is 0 Å². The summed E-state index contributed by atoms with van der Waals surface area (Å²) in [5, 5.41) is 14.9. The lowest BCUT2D eigenvalue weighted by atomic mass is 9.94. The number of aromatic hydroxyl groups is 1. The number of anilines is 1. The number of hydrogen-bond donors (Lipinski definition) is 2. The molecule has 11 nitrogen and oxygen atoms in total. The van der Waals surface area contributed by atoms with Crippen molar-refractivity contribution >= 4 is 33.6 Å². The van der Waals surface area contributed by atoms with Crippen molar-refractivity contribution in [3.8, 4) is 23.0 Å². The maximum Gasteiger partial charge on any atom is 0.508 e. The predicted molar refractivity (Wildman–Crippen MR) is 165 cm³/mol. The topological polar surface area (TPSA) is 122 Å². The number of phenolic OH excluding ortho intramolecular Hbond substituents is 1. The highest BCUT2D eigenvalue weighted by Crippen LogP contribution is 2.42. The number of phenols is 1. The van der Waals surface area contributed by atoms with Crippen LogP contribution in [0.3, 0.4) is 0 Å². The maximum atomic E-state index is 16.9. The molecule has 3 atom stereocenters. The Morgan fingerprint density at radius 2 is 2.06 bits per heavy atom. The first-order valence-corrected chi connectivity index (χ1v) is 15.9. The number of ether oxygens (including phenoxy) is 3. The number of aromatic nitrogens is 3. The quantitative estimate of drug-likeness (QED) is 0.309. The van der Waals surface area contributed by atoms with Gasteiger partial charge in [0.05, 0.1) is 24.1 Å². The van der Waals surface area contributed by atoms with Gasteiger partial charge in [0.2, 0.25) is 0 Å². The molecule has 0 saturated carbocycles. The zero-order valence-corrected chi connectivity index (χ0v) is 25.5. The van der Waals surface area contributed by atoms with Crippen LogP contribution in [0.25, 0.3) is 32.9 Å². The summed E-state index contributed by atoms with van der Waals surface area (Å²) in [5.41, 5.74) is -0.413. The first-order chi connectivity index (χ1) is 22.8. The lowest BCUT2D eigenvalue weighted by molar-refractivity contribution is 0.0279. The highest BCUT2D eigenvalue weighted by atomic mass is 19.1. The van der Waals surface area contributed by atoms with Crippen molar-refractivity contribution in [3.05, 3.63) is 47.7 Å². The molecule has 0 spiro atoms. The number of benzene rings is 2. The zero-order valence-electron chi connectivity index (χ0n) is 25.5. The number of alkyl halides is 1. The number of carbonyl (C=O) groups excluding carboxylic acids is 1. The van der Waals surface area contributed by atoms with Gasteiger partial charge in [-0.25, -0.2) is 18.0 Å². The van der Waals surface area contributed by atoms with E-state index >= 15 is 8.78 Å². The fraction of sp³-hybridized carbons (Fsp3) is 0.455. The van der Waals surface area contributed by atoms with E-state index in [1.165, 1.54) is 30.5 Å². The van der Waals surface area contributed by atoms with Crippen LogP contribution in [-0.4, -0.2) is 101 Å². The number of nitrogens with zero attached hydrogens (tertiary/aromatic N) is 5. The molecule has 2 unspecified atom stereocenters. The SMILES string of the molecule is O=C1OCCc2c(F)ccc3cc(O)cc(c23)-c2ncc3c(nc(OC[C@@]45CCCN4CC(F)C5)nc3c2F)N2CCNCC(C2)O1. The number of hydrogen-bond acceptors (Lipinski definition) is 11. The van der Waals surface area contributed by atoms with Crippen LogP contribution in [0.4, 0.5) is 23.8 Å². The first kappa shape index (κ1) is 29.9. The summed E-state index contributed by atoms with van der Waals surface area (Å²) in [6.07, 6.45) is 0.943. The predicted octanol–water partition coefficient (Wildman–Crippen LogP) is 4.27. The monoisotopic (exact) mass is 650 g/mol. The Balaban J connectivity index is 1.32. The summed E-state index contributed by atoms with van der Waals surface area (Å²) in [7, 11) is 0. The first-order valence-electron chi connectivity index (χ1n) is 15.9. The Labute approximate surface area is 267 Å². The van der Waals surface area contributed by atoms with Crippen molar-refractivity contribution < 1.29 is 37.3 Å². The molecule has 9 rings (SSSR count). The second-order valence-electron chi connectivity index (χ2n) is 12.7. The molecule has 6 bridgehead atoms. The van der Waals surface area contributed by atoms with Gasteiger partial charge in [-0.1, -0.05) is 6.07 Å². The Morgan fingerprint density at radius 1 is 1.17 bits per heavy atom. The molecule has 3 fully saturated rings. The van der Waals surface area contributed by atoms with Gasteiger partial charge in [-0.2, -0.15) is 9.97 Å². The van der Waals surface area contributed by atoms with Gasteiger partial charge >= 0.3 is 12.2 Å². The van der Waals surface area contributed by atoms with Crippen LogP contribution in [0.2, 0.25) is 0 Å². The molecule has 2 N–H and O–H groups in total. The van der Waals surface area contributed by atoms with E-state index < -0.39 is 35.6 Å². The molecule has 47 heavy (non-hydrogen) atoms. The molecule has 5 aliphatic heterocycles. The highest BCUT2D eigenvalue weighted by molar-refractivity contribution is 6.01. The summed E-state index contributed by atoms with van der Waals surface area (Å²) >= 11 is 0. The Hall–Kier alpha value is -4.43. The largest absolute Gasteiger partial charge is 0.508 e. The van der Waals surface area contributed by atoms with Gasteiger partial charge in [0.1, 0.15) is 47.5 Å². The Morgan fingerprint density at radius 3 is 2.96 bits per heavy atom. The van der Waals surface area contributed by atoms with Crippen molar-refractivity contribution in [2.75, 3.05) is 57.4 Å². The fourth-order valence-electron chi connectivity index (χ4n) is 7.65. The van der Waals surface area contributed by atoms with Gasteiger partial charge in [0.25, 0.3) is 0 Å². The Bertz CT molecular complexity index is 1900. The van der Waals surface area contributed by atoms with E-state index in [0.29, 0.717) is 49.2 Å². The molecule has 3 saturated heterocycles. The molecule has 0 aliphatic carbocycles. The molecule has 246 valence electrons. The minimum absolute atomic E-state index is 0.0386. The van der Waals surface area contributed by atoms with E-state index in [2.05, 4.69) is 20.2 Å². The average molecular weight is 651 g/mol. The second kappa shape index (κ2) is 11.7. The van der Waals surface area contributed by atoms with E-state index in [1.807, 2.05) is 4.90 Å². The van der Waals surface area contributed by atoms with Crippen LogP contribution >= 0.6 is 0 Å². The number of carbonyl (C=O) groups is 1. The number of fused-ring (bicyclic) bond motifs is 6. The van der Waals surface area contributed by atoms with Crippen molar-refractivity contribution in [3.63, 3.8) is 0 Å². The van der Waals surface area contributed by atoms with Crippen LogP contribution < -0.4 is 15.0 Å². The third-order valence-electron chi connectivity index (χ3n) is 9.77. The van der Waals surface area contributed by atoms with Gasteiger partial charge in [-0.3, -0.25) is 9.88 Å². The summed E-state index contributed by atoms with van der Waals surface area (Å²) in [4.78, 5) is 30.5. The average Bonchev–Trinajstić information content (AvgIpc) is 3.46. The molecule has 0 amide bonds. The summed E-state index contributed by atoms with van der Waals surface area (Å²) in [5.74, 6) is -1.24. The lowest BCUT2D eigenvalue weighted by Gasteiger charge is -2.31. The van der Waals surface area contributed by atoms with Crippen LogP contribution in [0, 0.1) is 11.6 Å². The molecular formula is C33H33F3N6O5. The zero-order chi connectivity index (χ0) is 32.3. The normalized spacial score (nSPS) is 24.8. The van der Waals surface area contributed by atoms with E-state index in [0.717, 1.165) is 19.4 Å². The van der Waals surface area contributed by atoms with Crippen LogP contribution in [0.1, 0.15) is 24.8 Å². The smallest absolute Gasteiger partial charge is 0.508 e. The van der Waals surface area contributed by atoms with Crippen molar-refractivity contribution in [2.45, 2.75) is 43.5 Å². The molecule has 2 aromatic carbocycles. The van der Waals surface area contributed by atoms with E-state index in [9.17, 15) is 14.3 Å². The van der Waals surface area contributed by atoms with E-state index in [4.69, 9.17) is 19.2 Å². The minimum Gasteiger partial charge on any atom is -0.508 e. The highest BCUT2D eigenvalue weighted by Gasteiger charge is 2.49. The van der Waals surface area contributed by atoms with Gasteiger partial charge in [-0.15, -0.1) is 0 Å². The third kappa shape index (κ3) is 5.32. The van der Waals surface area contributed by atoms with E-state index in [-0.39, 0.29) is 65.7 Å². The lowest BCUT2D eigenvalue weighted by Crippen LogP contribution is -2.43. The van der Waals surface area contributed by atoms with Gasteiger partial charge < -0.3 is 29.5 Å². The third-order valence-corrected chi connectivity index (χ3v) is 9.77. The van der Waals surface area contributed by atoms with Crippen LogP contribution in [0.5, 0.6) is 11.8 Å². The minimum atomic E-state index is -0.954. The van der Waals surface area contributed by atoms with Crippen molar-refractivity contribution in [1.82, 2.24) is 25.2 Å². The molecule has 14 heteroatoms. The number of rotatable bonds is 3. The fourth-order valence-corrected chi connectivity index (χ4v) is 7.65. The van der Waals surface area contributed by atoms with Crippen LogP contribution in [-0.2, 0) is 15.9 Å². The van der Waals surface area contributed by atoms with Crippen molar-refractivity contribution in [1.29, 1.82) is 0 Å². The summed E-state index contributed by atoms with van der Waals surface area (Å²) in [6, 6.07) is 5.42. The van der Waals surface area contributed by atoms with Crippen molar-refractivity contribution in [2.24, 2.45) is 0 Å². The molecular weight excluding hydrogens is 617 g/mol. The van der Waals surface area contributed by atoms with Gasteiger partial charge in [-0.05, 0) is 53.9 Å². The number of pyridine rings is 1. The molecule has 2 aromatic heterocycles. The molecule has 7 heterocycles. The summed E-state index contributed by atoms with van der Waals surface area (Å²) < 4.78 is 64.0. The number of halogens is 3. The maximum absolute atomic E-state index is 16.9. The van der Waals surface area contributed by atoms with Gasteiger partial charge in [0, 0.05) is 50.8 Å². The molecule has 5 aliphatic rings. The standard InChI is InChI=1S/C33H33F3N6O5/c34-19-12-33(5-1-7-42(33)15-19)17-46-31-39-29-24-14-38-28(27(29)36)23-11-20(43)10-18-2-3-25(35)22(26(18)23)4-9-45-32(44)47-21-13-37-6-8-41(16-21)30(24)40-31/h2-3,10-11,14,19,21,37,43H,1,4-9,12-13,15-17H2/t19?,21?,33-/m0/s1. The second-order valence-corrected chi connectivity index (χ2v) is 12.7. The molecule has 4 aromatic rings. The Kier molecular flexibility index (Phi) is 7.43. The van der Waals surface area contributed by atoms with Crippen LogP contribution in [0.15, 0.2) is 30.5 Å². The summed E-state index contributed by atoms with van der Waals surface area (Å²) in [6.45, 7) is 2.55. The molecule has 0 radical (unpaired) electrons.